The molecule has 1 aliphatic rings. The maximum atomic E-state index is 11.1. The summed E-state index contributed by atoms with van der Waals surface area (Å²) in [6, 6.07) is 14.3. The highest BCUT2D eigenvalue weighted by atomic mass is 16.5. The van der Waals surface area contributed by atoms with Gasteiger partial charge in [0.1, 0.15) is 5.75 Å². The fraction of sp³-hybridized carbons (Fsp3) is 0.536. The monoisotopic (exact) mass is 469 g/mol. The van der Waals surface area contributed by atoms with E-state index in [1.165, 1.54) is 11.1 Å². The molecule has 3 rings (SSSR count). The molecule has 2 aromatic rings. The molecule has 2 aromatic carbocycles. The maximum Gasteiger partial charge on any atom is 0.303 e. The fourth-order valence-corrected chi connectivity index (χ4v) is 5.04. The van der Waals surface area contributed by atoms with E-state index in [9.17, 15) is 9.90 Å². The molecule has 0 saturated heterocycles. The first-order valence-electron chi connectivity index (χ1n) is 12.2. The molecule has 0 aromatic heterocycles. The van der Waals surface area contributed by atoms with Gasteiger partial charge in [0.15, 0.2) is 0 Å². The minimum Gasteiger partial charge on any atom is -0.496 e. The standard InChI is InChI=1S/C28H39NO5/c1-19(24-10-7-11-26(33-4)25(24)12-13-27(31)32)34-18-23(30)17-29-28(2,3)16-20-14-21-8-5-6-9-22(21)15-20/h5-11,19-20,23,29-30H,12-18H2,1-4H3,(H,31,32)/t19-,23-/m1/s1. The van der Waals surface area contributed by atoms with E-state index in [-0.39, 0.29) is 24.7 Å². The summed E-state index contributed by atoms with van der Waals surface area (Å²) in [5.74, 6) is 0.425. The van der Waals surface area contributed by atoms with Gasteiger partial charge in [0.05, 0.1) is 25.9 Å². The van der Waals surface area contributed by atoms with E-state index >= 15 is 0 Å². The topological polar surface area (TPSA) is 88.0 Å². The van der Waals surface area contributed by atoms with Gasteiger partial charge < -0.3 is 25.0 Å². The van der Waals surface area contributed by atoms with E-state index in [2.05, 4.69) is 43.4 Å². The first-order valence-corrected chi connectivity index (χ1v) is 12.2. The highest BCUT2D eigenvalue weighted by molar-refractivity contribution is 5.67. The number of carboxylic acid groups (broad SMARTS) is 1. The lowest BCUT2D eigenvalue weighted by atomic mass is 9.88. The van der Waals surface area contributed by atoms with Gasteiger partial charge in [0, 0.05) is 24.1 Å². The maximum absolute atomic E-state index is 11.1. The lowest BCUT2D eigenvalue weighted by Gasteiger charge is -2.31. The Kier molecular flexibility index (Phi) is 9.11. The molecule has 0 bridgehead atoms. The average Bonchev–Trinajstić information content (AvgIpc) is 3.21. The zero-order valence-corrected chi connectivity index (χ0v) is 20.8. The molecule has 34 heavy (non-hydrogen) atoms. The number of aliphatic hydroxyl groups is 1. The highest BCUT2D eigenvalue weighted by Crippen LogP contribution is 2.32. The number of ether oxygens (including phenoxy) is 2. The lowest BCUT2D eigenvalue weighted by molar-refractivity contribution is -0.136. The molecule has 2 atom stereocenters. The van der Waals surface area contributed by atoms with E-state index in [0.717, 1.165) is 30.4 Å². The minimum absolute atomic E-state index is 0.0216. The molecule has 0 aliphatic heterocycles. The van der Waals surface area contributed by atoms with Crippen molar-refractivity contribution >= 4 is 5.97 Å². The van der Waals surface area contributed by atoms with E-state index < -0.39 is 12.1 Å². The Morgan fingerprint density at radius 3 is 2.44 bits per heavy atom. The Balaban J connectivity index is 1.48. The van der Waals surface area contributed by atoms with Gasteiger partial charge in [-0.25, -0.2) is 0 Å². The molecule has 0 unspecified atom stereocenters. The predicted octanol–water partition coefficient (Wildman–Crippen LogP) is 4.32. The van der Waals surface area contributed by atoms with Crippen LogP contribution in [0.4, 0.5) is 0 Å². The van der Waals surface area contributed by atoms with Crippen molar-refractivity contribution in [2.75, 3.05) is 20.3 Å². The summed E-state index contributed by atoms with van der Waals surface area (Å²) < 4.78 is 11.4. The number of aliphatic hydroxyl groups excluding tert-OH is 1. The van der Waals surface area contributed by atoms with Crippen molar-refractivity contribution in [3.63, 3.8) is 0 Å². The quantitative estimate of drug-likeness (QED) is 0.405. The van der Waals surface area contributed by atoms with Crippen LogP contribution in [0.25, 0.3) is 0 Å². The van der Waals surface area contributed by atoms with Crippen LogP contribution in [0.5, 0.6) is 5.75 Å². The zero-order chi connectivity index (χ0) is 24.7. The van der Waals surface area contributed by atoms with Gasteiger partial charge in [0.2, 0.25) is 0 Å². The second kappa shape index (κ2) is 11.8. The smallest absolute Gasteiger partial charge is 0.303 e. The van der Waals surface area contributed by atoms with Crippen LogP contribution in [0.15, 0.2) is 42.5 Å². The van der Waals surface area contributed by atoms with Crippen molar-refractivity contribution in [1.29, 1.82) is 0 Å². The van der Waals surface area contributed by atoms with E-state index in [0.29, 0.717) is 24.6 Å². The molecule has 0 spiro atoms. The number of aliphatic carboxylic acids is 1. The van der Waals surface area contributed by atoms with Gasteiger partial charge >= 0.3 is 5.97 Å². The molecule has 0 heterocycles. The number of hydrogen-bond donors (Lipinski definition) is 3. The minimum atomic E-state index is -0.851. The van der Waals surface area contributed by atoms with Crippen LogP contribution in [0, 0.1) is 5.92 Å². The molecular weight excluding hydrogens is 430 g/mol. The van der Waals surface area contributed by atoms with E-state index in [4.69, 9.17) is 14.6 Å². The van der Waals surface area contributed by atoms with Crippen molar-refractivity contribution < 1.29 is 24.5 Å². The Bertz CT molecular complexity index is 933. The van der Waals surface area contributed by atoms with Crippen LogP contribution >= 0.6 is 0 Å². The van der Waals surface area contributed by atoms with Gasteiger partial charge in [-0.15, -0.1) is 0 Å². The van der Waals surface area contributed by atoms with E-state index in [1.54, 1.807) is 7.11 Å². The van der Waals surface area contributed by atoms with Crippen molar-refractivity contribution in [2.45, 2.75) is 70.6 Å². The molecule has 0 radical (unpaired) electrons. The Labute approximate surface area is 203 Å². The van der Waals surface area contributed by atoms with Gasteiger partial charge in [-0.2, -0.15) is 0 Å². The molecule has 3 N–H and O–H groups in total. The van der Waals surface area contributed by atoms with Crippen molar-refractivity contribution in [2.24, 2.45) is 5.92 Å². The number of fused-ring (bicyclic) bond motifs is 1. The summed E-state index contributed by atoms with van der Waals surface area (Å²) in [5.41, 5.74) is 4.57. The van der Waals surface area contributed by atoms with Gasteiger partial charge in [-0.3, -0.25) is 4.79 Å². The number of rotatable bonds is 13. The molecule has 0 fully saturated rings. The molecule has 0 saturated carbocycles. The van der Waals surface area contributed by atoms with Crippen LogP contribution in [0.3, 0.4) is 0 Å². The summed E-state index contributed by atoms with van der Waals surface area (Å²) in [5, 5.41) is 23.2. The number of benzene rings is 2. The number of carboxylic acids is 1. The Morgan fingerprint density at radius 2 is 1.82 bits per heavy atom. The largest absolute Gasteiger partial charge is 0.496 e. The summed E-state index contributed by atoms with van der Waals surface area (Å²) in [7, 11) is 1.58. The molecule has 186 valence electrons. The SMILES string of the molecule is COc1cccc([C@@H](C)OC[C@H](O)CNC(C)(C)CC2Cc3ccccc3C2)c1CCC(=O)O. The Hall–Kier alpha value is -2.41. The number of β-amino-alcohol motifs (C(OH)–C–C–N with tert-alkyl or cyclic N) is 1. The predicted molar refractivity (Wildman–Crippen MR) is 133 cm³/mol. The van der Waals surface area contributed by atoms with Crippen LogP contribution in [0.2, 0.25) is 0 Å². The van der Waals surface area contributed by atoms with Crippen molar-refractivity contribution in [3.05, 3.63) is 64.7 Å². The van der Waals surface area contributed by atoms with Gasteiger partial charge in [-0.05, 0) is 75.1 Å². The summed E-state index contributed by atoms with van der Waals surface area (Å²) in [6.07, 6.45) is 2.74. The molecule has 6 heteroatoms. The van der Waals surface area contributed by atoms with Crippen molar-refractivity contribution in [3.8, 4) is 5.75 Å². The normalized spacial score (nSPS) is 15.7. The second-order valence-corrected chi connectivity index (χ2v) is 10.1. The summed E-state index contributed by atoms with van der Waals surface area (Å²) >= 11 is 0. The summed E-state index contributed by atoms with van der Waals surface area (Å²) in [6.45, 7) is 6.94. The van der Waals surface area contributed by atoms with Crippen LogP contribution in [0.1, 0.15) is 62.0 Å². The number of methoxy groups -OCH3 is 1. The van der Waals surface area contributed by atoms with Crippen LogP contribution in [-0.2, 0) is 28.8 Å². The second-order valence-electron chi connectivity index (χ2n) is 10.1. The zero-order valence-electron chi connectivity index (χ0n) is 20.8. The first-order chi connectivity index (χ1) is 16.2. The molecule has 6 nitrogen and oxygen atoms in total. The number of nitrogens with one attached hydrogen (secondary N) is 1. The Morgan fingerprint density at radius 1 is 1.15 bits per heavy atom. The van der Waals surface area contributed by atoms with E-state index in [1.807, 2.05) is 25.1 Å². The molecule has 0 amide bonds. The number of hydrogen-bond acceptors (Lipinski definition) is 5. The van der Waals surface area contributed by atoms with Crippen molar-refractivity contribution in [1.82, 2.24) is 5.32 Å². The number of carbonyl (C=O) groups is 1. The fourth-order valence-electron chi connectivity index (χ4n) is 5.04. The highest BCUT2D eigenvalue weighted by Gasteiger charge is 2.28. The average molecular weight is 470 g/mol. The van der Waals surface area contributed by atoms with Gasteiger partial charge in [0.25, 0.3) is 0 Å². The lowest BCUT2D eigenvalue weighted by Crippen LogP contribution is -2.45. The van der Waals surface area contributed by atoms with Crippen LogP contribution < -0.4 is 10.1 Å². The first kappa shape index (κ1) is 26.2. The molecule has 1 aliphatic carbocycles. The third kappa shape index (κ3) is 7.29. The third-order valence-electron chi connectivity index (χ3n) is 6.71. The summed E-state index contributed by atoms with van der Waals surface area (Å²) in [4.78, 5) is 11.1. The van der Waals surface area contributed by atoms with Gasteiger partial charge in [-0.1, -0.05) is 36.4 Å². The van der Waals surface area contributed by atoms with Crippen LogP contribution in [-0.4, -0.2) is 48.1 Å². The molecular formula is C28H39NO5. The third-order valence-corrected chi connectivity index (χ3v) is 6.71.